The van der Waals surface area contributed by atoms with E-state index in [4.69, 9.17) is 16.3 Å². The van der Waals surface area contributed by atoms with Gasteiger partial charge in [0.2, 0.25) is 5.92 Å². The maximum absolute atomic E-state index is 15.0. The lowest BCUT2D eigenvalue weighted by molar-refractivity contribution is -0.0110. The van der Waals surface area contributed by atoms with Crippen LogP contribution in [0.4, 0.5) is 23.8 Å². The summed E-state index contributed by atoms with van der Waals surface area (Å²) in [5.74, 6) is -3.72. The van der Waals surface area contributed by atoms with E-state index in [0.717, 1.165) is 0 Å². The van der Waals surface area contributed by atoms with Crippen LogP contribution in [-0.4, -0.2) is 67.2 Å². The monoisotopic (exact) mass is 636 g/mol. The third-order valence-electron chi connectivity index (χ3n) is 7.73. The van der Waals surface area contributed by atoms with Crippen molar-refractivity contribution in [3.05, 3.63) is 51.0 Å². The number of carbonyl (C=O) groups is 1. The molecule has 3 aromatic heterocycles. The molecule has 2 atom stereocenters. The number of aromatic nitrogens is 4. The van der Waals surface area contributed by atoms with Gasteiger partial charge in [-0.2, -0.15) is 4.98 Å². The largest absolute Gasteiger partial charge is 0.444 e. The maximum Gasteiger partial charge on any atom is 0.410 e. The highest BCUT2D eigenvalue weighted by Gasteiger charge is 2.37. The second-order valence-electron chi connectivity index (χ2n) is 12.7. The number of amides is 1. The van der Waals surface area contributed by atoms with E-state index in [1.54, 1.807) is 31.7 Å². The summed E-state index contributed by atoms with van der Waals surface area (Å²) in [7, 11) is 0. The van der Waals surface area contributed by atoms with Gasteiger partial charge in [0.1, 0.15) is 11.4 Å². The highest BCUT2D eigenvalue weighted by atomic mass is 35.5. The lowest BCUT2D eigenvalue weighted by Crippen LogP contribution is -2.59. The predicted molar refractivity (Wildman–Crippen MR) is 165 cm³/mol. The number of fused-ring (bicyclic) bond motifs is 1. The Morgan fingerprint density at radius 2 is 1.84 bits per heavy atom. The van der Waals surface area contributed by atoms with Crippen LogP contribution in [0.5, 0.6) is 0 Å². The fourth-order valence-corrected chi connectivity index (χ4v) is 5.52. The van der Waals surface area contributed by atoms with Gasteiger partial charge in [0.15, 0.2) is 16.6 Å². The lowest BCUT2D eigenvalue weighted by atomic mass is 9.99. The van der Waals surface area contributed by atoms with Crippen molar-refractivity contribution in [3.63, 3.8) is 0 Å². The Balaban J connectivity index is 1.89. The Morgan fingerprint density at radius 1 is 1.16 bits per heavy atom. The number of anilines is 1. The zero-order valence-corrected chi connectivity index (χ0v) is 27.2. The number of alkyl halides is 2. The first kappa shape index (κ1) is 33.5. The van der Waals surface area contributed by atoms with Crippen LogP contribution in [-0.2, 0) is 11.2 Å². The van der Waals surface area contributed by atoms with E-state index in [2.05, 4.69) is 15.0 Å². The van der Waals surface area contributed by atoms with Crippen LogP contribution in [0.3, 0.4) is 0 Å². The number of ether oxygens (including phenoxy) is 1. The van der Waals surface area contributed by atoms with Crippen LogP contribution in [0.2, 0.25) is 5.15 Å². The first-order chi connectivity index (χ1) is 20.4. The van der Waals surface area contributed by atoms with Gasteiger partial charge in [-0.15, -0.1) is 0 Å². The molecular formula is C31H40ClF3N6O3. The first-order valence-corrected chi connectivity index (χ1v) is 15.2. The van der Waals surface area contributed by atoms with E-state index >= 15 is 4.39 Å². The number of nitrogens with zero attached hydrogens (tertiary/aromatic N) is 6. The van der Waals surface area contributed by atoms with Gasteiger partial charge in [-0.3, -0.25) is 4.98 Å². The molecule has 9 nitrogen and oxygen atoms in total. The molecule has 4 heterocycles. The number of hydrogen-bond acceptors (Lipinski definition) is 7. The number of carbonyl (C=O) groups excluding carboxylic acids is 1. The Hall–Kier alpha value is -3.41. The van der Waals surface area contributed by atoms with Gasteiger partial charge >= 0.3 is 11.8 Å². The van der Waals surface area contributed by atoms with Gasteiger partial charge < -0.3 is 14.5 Å². The van der Waals surface area contributed by atoms with E-state index in [1.807, 2.05) is 32.6 Å². The molecule has 0 radical (unpaired) electrons. The lowest BCUT2D eigenvalue weighted by Gasteiger charge is -2.44. The molecule has 1 aliphatic heterocycles. The number of pyridine rings is 2. The van der Waals surface area contributed by atoms with Crippen molar-refractivity contribution in [2.45, 2.75) is 104 Å². The summed E-state index contributed by atoms with van der Waals surface area (Å²) in [6.45, 7) is 14.8. The number of halogens is 4. The second-order valence-corrected chi connectivity index (χ2v) is 13.1. The molecule has 44 heavy (non-hydrogen) atoms. The maximum atomic E-state index is 15.0. The second kappa shape index (κ2) is 12.5. The summed E-state index contributed by atoms with van der Waals surface area (Å²) in [5.41, 5.74) is -0.154. The minimum Gasteiger partial charge on any atom is -0.444 e. The molecule has 1 aliphatic rings. The summed E-state index contributed by atoms with van der Waals surface area (Å²) in [5, 5.41) is -0.243. The van der Waals surface area contributed by atoms with Crippen molar-refractivity contribution in [1.29, 1.82) is 0 Å². The van der Waals surface area contributed by atoms with E-state index in [-0.39, 0.29) is 66.5 Å². The van der Waals surface area contributed by atoms with Gasteiger partial charge in [0.05, 0.1) is 16.8 Å². The molecule has 0 N–H and O–H groups in total. The number of hydrogen-bond donors (Lipinski definition) is 0. The van der Waals surface area contributed by atoms with E-state index in [1.165, 1.54) is 23.8 Å². The smallest absolute Gasteiger partial charge is 0.410 e. The molecule has 4 rings (SSSR count). The Labute approximate surface area is 260 Å². The molecule has 3 aromatic rings. The predicted octanol–water partition coefficient (Wildman–Crippen LogP) is 6.90. The van der Waals surface area contributed by atoms with Gasteiger partial charge in [-0.25, -0.2) is 32.3 Å². The fraction of sp³-hybridized carbons (Fsp3) is 0.581. The van der Waals surface area contributed by atoms with Crippen LogP contribution >= 0.6 is 11.6 Å². The molecule has 0 bridgehead atoms. The molecule has 13 heteroatoms. The van der Waals surface area contributed by atoms with Gasteiger partial charge in [-0.05, 0) is 64.7 Å². The highest BCUT2D eigenvalue weighted by Crippen LogP contribution is 2.34. The average molecular weight is 637 g/mol. The summed E-state index contributed by atoms with van der Waals surface area (Å²) < 4.78 is 50.5. The minimum absolute atomic E-state index is 0.0271. The SMILES string of the molecule is CCC(F)(F)CCc1ccnc(C(C)C)c1-n1c(=O)nc(N2C[C@@H](C)N(C(=O)OC(C)(C)C)C[C@@H]2C)c2cc(F)c(Cl)nc21. The Bertz CT molecular complexity index is 1610. The Kier molecular flexibility index (Phi) is 9.54. The number of aryl methyl sites for hydroxylation is 1. The molecule has 0 aliphatic carbocycles. The summed E-state index contributed by atoms with van der Waals surface area (Å²) in [6.07, 6.45) is 0.280. The molecule has 0 saturated carbocycles. The summed E-state index contributed by atoms with van der Waals surface area (Å²) in [6, 6.07) is 2.11. The minimum atomic E-state index is -2.90. The van der Waals surface area contributed by atoms with Crippen molar-refractivity contribution in [3.8, 4) is 5.69 Å². The van der Waals surface area contributed by atoms with Gasteiger partial charge in [0, 0.05) is 44.2 Å². The average Bonchev–Trinajstić information content (AvgIpc) is 2.92. The zero-order chi connectivity index (χ0) is 32.7. The fourth-order valence-electron chi connectivity index (χ4n) is 5.39. The van der Waals surface area contributed by atoms with Crippen molar-refractivity contribution < 1.29 is 22.7 Å². The zero-order valence-electron chi connectivity index (χ0n) is 26.4. The van der Waals surface area contributed by atoms with Crippen LogP contribution in [0, 0.1) is 5.82 Å². The molecule has 240 valence electrons. The highest BCUT2D eigenvalue weighted by molar-refractivity contribution is 6.30. The van der Waals surface area contributed by atoms with Crippen molar-refractivity contribution >= 4 is 34.5 Å². The van der Waals surface area contributed by atoms with Crippen LogP contribution in [0.25, 0.3) is 16.7 Å². The van der Waals surface area contributed by atoms with Gasteiger partial charge in [-0.1, -0.05) is 32.4 Å². The number of rotatable bonds is 7. The van der Waals surface area contributed by atoms with Crippen LogP contribution in [0.1, 0.15) is 85.4 Å². The van der Waals surface area contributed by atoms with Crippen LogP contribution < -0.4 is 10.6 Å². The van der Waals surface area contributed by atoms with Gasteiger partial charge in [0.25, 0.3) is 0 Å². The van der Waals surface area contributed by atoms with Crippen LogP contribution in [0.15, 0.2) is 23.1 Å². The van der Waals surface area contributed by atoms with Crippen molar-refractivity contribution in [2.75, 3.05) is 18.0 Å². The third-order valence-corrected chi connectivity index (χ3v) is 7.99. The number of piperazine rings is 1. The molecule has 1 saturated heterocycles. The molecule has 1 fully saturated rings. The normalized spacial score (nSPS) is 17.9. The summed E-state index contributed by atoms with van der Waals surface area (Å²) in [4.78, 5) is 43.5. The van der Waals surface area contributed by atoms with Crippen molar-refractivity contribution in [1.82, 2.24) is 24.4 Å². The van der Waals surface area contributed by atoms with Crippen molar-refractivity contribution in [2.24, 2.45) is 0 Å². The molecule has 0 spiro atoms. The van der Waals surface area contributed by atoms with E-state index < -0.39 is 40.7 Å². The molecular weight excluding hydrogens is 597 g/mol. The van der Waals surface area contributed by atoms with E-state index in [0.29, 0.717) is 11.3 Å². The Morgan fingerprint density at radius 3 is 2.45 bits per heavy atom. The third kappa shape index (κ3) is 6.95. The summed E-state index contributed by atoms with van der Waals surface area (Å²) >= 11 is 6.17. The first-order valence-electron chi connectivity index (χ1n) is 14.8. The van der Waals surface area contributed by atoms with E-state index in [9.17, 15) is 18.4 Å². The topological polar surface area (TPSA) is 93.5 Å². The molecule has 0 unspecified atom stereocenters. The molecule has 0 aromatic carbocycles. The standard InChI is InChI=1S/C31H40ClF3N6O3/c1-9-31(34,35)12-10-20-11-13-36-23(17(2)3)24(20)41-27-21(14-22(33)25(32)37-27)26(38-28(41)42)39-15-19(5)40(16-18(39)4)29(43)44-30(6,7)8/h11,13-14,17-19H,9-10,12,15-16H2,1-8H3/t18-,19+/m0/s1. The quantitative estimate of drug-likeness (QED) is 0.260. The molecule has 1 amide bonds.